The minimum atomic E-state index is 0.154. The lowest BCUT2D eigenvalue weighted by Crippen LogP contribution is -2.55. The Labute approximate surface area is 176 Å². The van der Waals surface area contributed by atoms with Crippen molar-refractivity contribution in [3.63, 3.8) is 0 Å². The molecule has 1 aromatic carbocycles. The smallest absolute Gasteiger partial charge is 0.226 e. The summed E-state index contributed by atoms with van der Waals surface area (Å²) in [6.07, 6.45) is 7.21. The molecule has 2 aliphatic rings. The average Bonchev–Trinajstić information content (AvgIpc) is 2.76. The normalized spacial score (nSPS) is 20.6. The third-order valence-corrected chi connectivity index (χ3v) is 6.18. The Morgan fingerprint density at radius 2 is 1.93 bits per heavy atom. The number of halogens is 1. The largest absolute Gasteiger partial charge is 0.437 e. The Hall–Kier alpha value is -2.34. The zero-order chi connectivity index (χ0) is 20.2. The second-order valence-electron chi connectivity index (χ2n) is 7.91. The topological polar surface area (TPSA) is 58.6 Å². The summed E-state index contributed by atoms with van der Waals surface area (Å²) in [6.45, 7) is 4.35. The summed E-state index contributed by atoms with van der Waals surface area (Å²) in [4.78, 5) is 25.8. The molecule has 1 aromatic heterocycles. The summed E-state index contributed by atoms with van der Waals surface area (Å²) in [7, 11) is 0. The van der Waals surface area contributed by atoms with Crippen LogP contribution in [0.25, 0.3) is 0 Å². The highest BCUT2D eigenvalue weighted by atomic mass is 35.5. The van der Waals surface area contributed by atoms with Crippen molar-refractivity contribution in [1.29, 1.82) is 0 Å². The molecule has 154 valence electrons. The SMILES string of the molecule is CC1CN(c2cc(Oc3ccccc3Cl)ncn2)CCN1C(=O)C1CCCCC1. The fraction of sp³-hybridized carbons (Fsp3) is 0.500. The van der Waals surface area contributed by atoms with Gasteiger partial charge in [-0.15, -0.1) is 0 Å². The summed E-state index contributed by atoms with van der Waals surface area (Å²) < 4.78 is 5.83. The van der Waals surface area contributed by atoms with Gasteiger partial charge in [-0.2, -0.15) is 0 Å². The van der Waals surface area contributed by atoms with Crippen LogP contribution in [0.15, 0.2) is 36.7 Å². The minimum Gasteiger partial charge on any atom is -0.437 e. The molecule has 0 radical (unpaired) electrons. The number of hydrogen-bond acceptors (Lipinski definition) is 5. The van der Waals surface area contributed by atoms with Crippen LogP contribution in [0.2, 0.25) is 5.02 Å². The van der Waals surface area contributed by atoms with Crippen LogP contribution in [-0.4, -0.2) is 46.5 Å². The number of para-hydroxylation sites is 1. The van der Waals surface area contributed by atoms with Crippen molar-refractivity contribution in [2.45, 2.75) is 45.1 Å². The molecule has 1 aliphatic carbocycles. The predicted octanol–water partition coefficient (Wildman–Crippen LogP) is 4.54. The number of hydrogen-bond donors (Lipinski definition) is 0. The van der Waals surface area contributed by atoms with E-state index in [1.54, 1.807) is 6.07 Å². The number of aromatic nitrogens is 2. The van der Waals surface area contributed by atoms with Gasteiger partial charge in [0.25, 0.3) is 0 Å². The molecule has 1 aliphatic heterocycles. The number of carbonyl (C=O) groups excluding carboxylic acids is 1. The van der Waals surface area contributed by atoms with Crippen LogP contribution in [0.3, 0.4) is 0 Å². The lowest BCUT2D eigenvalue weighted by molar-refractivity contribution is -0.139. The maximum Gasteiger partial charge on any atom is 0.226 e. The van der Waals surface area contributed by atoms with Gasteiger partial charge < -0.3 is 14.5 Å². The molecule has 7 heteroatoms. The lowest BCUT2D eigenvalue weighted by atomic mass is 9.88. The molecule has 1 amide bonds. The van der Waals surface area contributed by atoms with Crippen molar-refractivity contribution in [2.24, 2.45) is 5.92 Å². The molecular weight excluding hydrogens is 388 g/mol. The number of ether oxygens (including phenoxy) is 1. The summed E-state index contributed by atoms with van der Waals surface area (Å²) in [6, 6.07) is 9.30. The summed E-state index contributed by atoms with van der Waals surface area (Å²) in [5.74, 6) is 2.37. The Morgan fingerprint density at radius 3 is 2.69 bits per heavy atom. The summed E-state index contributed by atoms with van der Waals surface area (Å²) in [5.41, 5.74) is 0. The highest BCUT2D eigenvalue weighted by Gasteiger charge is 2.32. The molecule has 2 heterocycles. The van der Waals surface area contributed by atoms with Crippen LogP contribution in [0, 0.1) is 5.92 Å². The fourth-order valence-electron chi connectivity index (χ4n) is 4.28. The van der Waals surface area contributed by atoms with Gasteiger partial charge in [0.2, 0.25) is 11.8 Å². The van der Waals surface area contributed by atoms with E-state index in [2.05, 4.69) is 26.7 Å². The standard InChI is InChI=1S/C22H27ClN4O2/c1-16-14-26(11-12-27(16)22(28)17-7-3-2-4-8-17)20-13-21(25-15-24-20)29-19-10-6-5-9-18(19)23/h5-6,9-10,13,15-17H,2-4,7-8,11-12,14H2,1H3. The monoisotopic (exact) mass is 414 g/mol. The average molecular weight is 415 g/mol. The van der Waals surface area contributed by atoms with Gasteiger partial charge in [0.1, 0.15) is 17.9 Å². The van der Waals surface area contributed by atoms with Gasteiger partial charge >= 0.3 is 0 Å². The number of nitrogens with zero attached hydrogens (tertiary/aromatic N) is 4. The first kappa shape index (κ1) is 20.0. The van der Waals surface area contributed by atoms with E-state index in [9.17, 15) is 4.79 Å². The van der Waals surface area contributed by atoms with E-state index in [0.29, 0.717) is 22.6 Å². The second kappa shape index (κ2) is 8.99. The van der Waals surface area contributed by atoms with Crippen LogP contribution in [0.1, 0.15) is 39.0 Å². The zero-order valence-corrected chi connectivity index (χ0v) is 17.5. The highest BCUT2D eigenvalue weighted by molar-refractivity contribution is 6.32. The van der Waals surface area contributed by atoms with Crippen LogP contribution >= 0.6 is 11.6 Å². The molecule has 2 fully saturated rings. The van der Waals surface area contributed by atoms with Gasteiger partial charge in [-0.3, -0.25) is 4.79 Å². The molecule has 4 rings (SSSR count). The molecule has 1 atom stereocenters. The Morgan fingerprint density at radius 1 is 1.14 bits per heavy atom. The number of piperazine rings is 1. The quantitative estimate of drug-likeness (QED) is 0.735. The number of carbonyl (C=O) groups is 1. The van der Waals surface area contributed by atoms with Crippen LogP contribution in [0.4, 0.5) is 5.82 Å². The molecule has 1 saturated carbocycles. The van der Waals surface area contributed by atoms with E-state index in [1.165, 1.54) is 25.6 Å². The number of rotatable bonds is 4. The molecule has 2 aromatic rings. The zero-order valence-electron chi connectivity index (χ0n) is 16.8. The van der Waals surface area contributed by atoms with Gasteiger partial charge in [0.05, 0.1) is 5.02 Å². The first-order chi connectivity index (χ1) is 14.1. The van der Waals surface area contributed by atoms with E-state index >= 15 is 0 Å². The number of amides is 1. The van der Waals surface area contributed by atoms with Crippen molar-refractivity contribution < 1.29 is 9.53 Å². The molecule has 1 unspecified atom stereocenters. The number of anilines is 1. The van der Waals surface area contributed by atoms with Gasteiger partial charge in [0.15, 0.2) is 0 Å². The van der Waals surface area contributed by atoms with E-state index in [4.69, 9.17) is 16.3 Å². The third kappa shape index (κ3) is 4.64. The highest BCUT2D eigenvalue weighted by Crippen LogP contribution is 2.30. The van der Waals surface area contributed by atoms with Crippen molar-refractivity contribution in [2.75, 3.05) is 24.5 Å². The first-order valence-corrected chi connectivity index (χ1v) is 10.8. The van der Waals surface area contributed by atoms with Gasteiger partial charge in [0, 0.05) is 37.7 Å². The van der Waals surface area contributed by atoms with E-state index in [1.807, 2.05) is 24.3 Å². The number of benzene rings is 1. The molecule has 1 saturated heterocycles. The predicted molar refractivity (Wildman–Crippen MR) is 114 cm³/mol. The summed E-state index contributed by atoms with van der Waals surface area (Å²) in [5, 5.41) is 0.538. The van der Waals surface area contributed by atoms with Gasteiger partial charge in [-0.1, -0.05) is 43.0 Å². The first-order valence-electron chi connectivity index (χ1n) is 10.4. The maximum absolute atomic E-state index is 12.9. The molecule has 6 nitrogen and oxygen atoms in total. The van der Waals surface area contributed by atoms with E-state index in [0.717, 1.165) is 38.3 Å². The van der Waals surface area contributed by atoms with Crippen LogP contribution in [0.5, 0.6) is 11.6 Å². The van der Waals surface area contributed by atoms with E-state index in [-0.39, 0.29) is 12.0 Å². The summed E-state index contributed by atoms with van der Waals surface area (Å²) >= 11 is 6.18. The Bertz CT molecular complexity index is 856. The van der Waals surface area contributed by atoms with Crippen LogP contribution < -0.4 is 9.64 Å². The van der Waals surface area contributed by atoms with Crippen molar-refractivity contribution in [3.8, 4) is 11.6 Å². The van der Waals surface area contributed by atoms with Gasteiger partial charge in [-0.25, -0.2) is 9.97 Å². The van der Waals surface area contributed by atoms with Crippen molar-refractivity contribution in [3.05, 3.63) is 41.7 Å². The lowest BCUT2D eigenvalue weighted by Gasteiger charge is -2.42. The minimum absolute atomic E-state index is 0.154. The Balaban J connectivity index is 1.41. The van der Waals surface area contributed by atoms with Crippen molar-refractivity contribution >= 4 is 23.3 Å². The fourth-order valence-corrected chi connectivity index (χ4v) is 4.45. The molecular formula is C22H27ClN4O2. The molecule has 0 spiro atoms. The van der Waals surface area contributed by atoms with Crippen molar-refractivity contribution in [1.82, 2.24) is 14.9 Å². The Kier molecular flexibility index (Phi) is 6.19. The molecule has 0 bridgehead atoms. The molecule has 29 heavy (non-hydrogen) atoms. The maximum atomic E-state index is 12.9. The molecule has 0 N–H and O–H groups in total. The third-order valence-electron chi connectivity index (χ3n) is 5.87. The van der Waals surface area contributed by atoms with Gasteiger partial charge in [-0.05, 0) is 31.9 Å². The van der Waals surface area contributed by atoms with Crippen LogP contribution in [-0.2, 0) is 4.79 Å². The second-order valence-corrected chi connectivity index (χ2v) is 8.32. The van der Waals surface area contributed by atoms with E-state index < -0.39 is 0 Å².